The fourth-order valence-electron chi connectivity index (χ4n) is 2.59. The Balaban J connectivity index is 1.61. The van der Waals surface area contributed by atoms with Gasteiger partial charge in [-0.25, -0.2) is 9.97 Å². The molecule has 1 saturated heterocycles. The number of halogens is 1. The van der Waals surface area contributed by atoms with Gasteiger partial charge >= 0.3 is 0 Å². The van der Waals surface area contributed by atoms with E-state index in [0.29, 0.717) is 19.0 Å². The van der Waals surface area contributed by atoms with Crippen molar-refractivity contribution in [2.45, 2.75) is 0 Å². The molecule has 1 aromatic heterocycles. The average molecular weight is 334 g/mol. The van der Waals surface area contributed by atoms with Crippen LogP contribution in [0.15, 0.2) is 36.7 Å². The third kappa shape index (κ3) is 4.03. The molecule has 2 heterocycles. The molecule has 6 nitrogen and oxygen atoms in total. The number of nitrogens with two attached hydrogens (primary N) is 1. The maximum Gasteiger partial charge on any atom is 0.218 e. The number of hydrogen-bond donors (Lipinski definition) is 1. The van der Waals surface area contributed by atoms with Crippen molar-refractivity contribution in [3.05, 3.63) is 41.7 Å². The van der Waals surface area contributed by atoms with Crippen molar-refractivity contribution >= 4 is 23.1 Å². The van der Waals surface area contributed by atoms with Gasteiger partial charge in [0.2, 0.25) is 5.88 Å². The number of benzene rings is 1. The topological polar surface area (TPSA) is 67.5 Å². The number of piperazine rings is 1. The van der Waals surface area contributed by atoms with Crippen LogP contribution in [0.1, 0.15) is 0 Å². The average Bonchev–Trinajstić information content (AvgIpc) is 2.61. The first-order valence-corrected chi connectivity index (χ1v) is 8.04. The Morgan fingerprint density at radius 1 is 1.04 bits per heavy atom. The monoisotopic (exact) mass is 333 g/mol. The first-order valence-electron chi connectivity index (χ1n) is 7.66. The lowest BCUT2D eigenvalue weighted by molar-refractivity contribution is 0.315. The van der Waals surface area contributed by atoms with Crippen molar-refractivity contribution in [2.24, 2.45) is 5.73 Å². The predicted molar refractivity (Wildman–Crippen MR) is 92.5 cm³/mol. The minimum atomic E-state index is 0.459. The second-order valence-corrected chi connectivity index (χ2v) is 5.74. The molecule has 0 saturated carbocycles. The summed E-state index contributed by atoms with van der Waals surface area (Å²) in [7, 11) is 0. The fraction of sp³-hybridized carbons (Fsp3) is 0.375. The van der Waals surface area contributed by atoms with Crippen molar-refractivity contribution in [1.82, 2.24) is 9.97 Å². The van der Waals surface area contributed by atoms with Crippen molar-refractivity contribution in [2.75, 3.05) is 49.1 Å². The molecule has 0 aliphatic carbocycles. The summed E-state index contributed by atoms with van der Waals surface area (Å²) in [4.78, 5) is 13.0. The molecule has 0 unspecified atom stereocenters. The molecule has 23 heavy (non-hydrogen) atoms. The normalized spacial score (nSPS) is 14.9. The first-order chi connectivity index (χ1) is 11.3. The molecular weight excluding hydrogens is 314 g/mol. The molecule has 122 valence electrons. The Labute approximate surface area is 140 Å². The molecule has 1 aliphatic rings. The lowest BCUT2D eigenvalue weighted by atomic mass is 10.2. The maximum absolute atomic E-state index is 5.94. The van der Waals surface area contributed by atoms with Crippen molar-refractivity contribution in [3.63, 3.8) is 0 Å². The summed E-state index contributed by atoms with van der Waals surface area (Å²) >= 11 is 5.94. The largest absolute Gasteiger partial charge is 0.476 e. The summed E-state index contributed by atoms with van der Waals surface area (Å²) in [5.41, 5.74) is 6.64. The van der Waals surface area contributed by atoms with Crippen LogP contribution in [0.5, 0.6) is 5.88 Å². The summed E-state index contributed by atoms with van der Waals surface area (Å²) in [6.07, 6.45) is 1.53. The highest BCUT2D eigenvalue weighted by molar-refractivity contribution is 6.30. The second-order valence-electron chi connectivity index (χ2n) is 5.30. The second kappa shape index (κ2) is 7.48. The quantitative estimate of drug-likeness (QED) is 0.900. The summed E-state index contributed by atoms with van der Waals surface area (Å²) in [6.45, 7) is 4.60. The zero-order valence-corrected chi connectivity index (χ0v) is 13.6. The molecule has 2 N–H and O–H groups in total. The third-order valence-corrected chi connectivity index (χ3v) is 4.04. The molecule has 7 heteroatoms. The van der Waals surface area contributed by atoms with E-state index in [1.54, 1.807) is 0 Å². The number of rotatable bonds is 5. The van der Waals surface area contributed by atoms with Gasteiger partial charge in [0, 0.05) is 49.5 Å². The van der Waals surface area contributed by atoms with Crippen LogP contribution < -0.4 is 20.3 Å². The Hall–Kier alpha value is -2.05. The van der Waals surface area contributed by atoms with Crippen LogP contribution in [0.4, 0.5) is 11.5 Å². The molecule has 3 rings (SSSR count). The van der Waals surface area contributed by atoms with Crippen molar-refractivity contribution in [1.29, 1.82) is 0 Å². The number of nitrogens with zero attached hydrogens (tertiary/aromatic N) is 4. The van der Waals surface area contributed by atoms with E-state index in [1.165, 1.54) is 12.0 Å². The van der Waals surface area contributed by atoms with Gasteiger partial charge in [0.1, 0.15) is 18.8 Å². The molecule has 1 aliphatic heterocycles. The molecule has 1 fully saturated rings. The molecule has 0 bridgehead atoms. The Bertz CT molecular complexity index is 629. The number of aromatic nitrogens is 2. The van der Waals surface area contributed by atoms with E-state index in [4.69, 9.17) is 22.1 Å². The summed E-state index contributed by atoms with van der Waals surface area (Å²) in [5.74, 6) is 1.46. The Kier molecular flexibility index (Phi) is 5.15. The summed E-state index contributed by atoms with van der Waals surface area (Å²) in [5, 5.41) is 0.762. The highest BCUT2D eigenvalue weighted by atomic mass is 35.5. The van der Waals surface area contributed by atoms with Gasteiger partial charge in [-0.3, -0.25) is 0 Å². The molecule has 0 amide bonds. The standard InChI is InChI=1S/C16H20ClN5O/c17-13-1-3-14(4-2-13)21-6-8-22(9-7-21)15-11-16(20-12-19-15)23-10-5-18/h1-4,11-12H,5-10,18H2. The highest BCUT2D eigenvalue weighted by Gasteiger charge is 2.18. The predicted octanol–water partition coefficient (Wildman–Crippen LogP) is 1.79. The SMILES string of the molecule is NCCOc1cc(N2CCN(c3ccc(Cl)cc3)CC2)ncn1. The number of ether oxygens (including phenoxy) is 1. The lowest BCUT2D eigenvalue weighted by Gasteiger charge is -2.36. The third-order valence-electron chi connectivity index (χ3n) is 3.79. The lowest BCUT2D eigenvalue weighted by Crippen LogP contribution is -2.46. The number of hydrogen-bond acceptors (Lipinski definition) is 6. The van der Waals surface area contributed by atoms with E-state index in [0.717, 1.165) is 37.0 Å². The summed E-state index contributed by atoms with van der Waals surface area (Å²) in [6, 6.07) is 9.83. The highest BCUT2D eigenvalue weighted by Crippen LogP contribution is 2.22. The van der Waals surface area contributed by atoms with Gasteiger partial charge in [-0.15, -0.1) is 0 Å². The van der Waals surface area contributed by atoms with E-state index < -0.39 is 0 Å². The van der Waals surface area contributed by atoms with Gasteiger partial charge in [0.25, 0.3) is 0 Å². The Morgan fingerprint density at radius 2 is 1.74 bits per heavy atom. The maximum atomic E-state index is 5.94. The van der Waals surface area contributed by atoms with E-state index >= 15 is 0 Å². The van der Waals surface area contributed by atoms with Gasteiger partial charge in [-0.1, -0.05) is 11.6 Å². The minimum absolute atomic E-state index is 0.459. The smallest absolute Gasteiger partial charge is 0.218 e. The van der Waals surface area contributed by atoms with Gasteiger partial charge in [0.15, 0.2) is 0 Å². The number of anilines is 2. The minimum Gasteiger partial charge on any atom is -0.476 e. The van der Waals surface area contributed by atoms with Crippen LogP contribution in [0.25, 0.3) is 0 Å². The van der Waals surface area contributed by atoms with E-state index in [-0.39, 0.29) is 0 Å². The van der Waals surface area contributed by atoms with E-state index in [9.17, 15) is 0 Å². The van der Waals surface area contributed by atoms with Crippen molar-refractivity contribution < 1.29 is 4.74 Å². The van der Waals surface area contributed by atoms with E-state index in [1.807, 2.05) is 18.2 Å². The van der Waals surface area contributed by atoms with Gasteiger partial charge in [-0.2, -0.15) is 0 Å². The first kappa shape index (κ1) is 15.8. The molecule has 1 aromatic carbocycles. The molecular formula is C16H20ClN5O. The fourth-order valence-corrected chi connectivity index (χ4v) is 2.72. The van der Waals surface area contributed by atoms with Crippen LogP contribution in [-0.4, -0.2) is 49.3 Å². The van der Waals surface area contributed by atoms with Crippen LogP contribution in [0.2, 0.25) is 5.02 Å². The summed E-state index contributed by atoms with van der Waals surface area (Å²) < 4.78 is 5.46. The van der Waals surface area contributed by atoms with Gasteiger partial charge in [-0.05, 0) is 24.3 Å². The van der Waals surface area contributed by atoms with Crippen LogP contribution in [0.3, 0.4) is 0 Å². The zero-order valence-electron chi connectivity index (χ0n) is 12.9. The zero-order chi connectivity index (χ0) is 16.1. The van der Waals surface area contributed by atoms with Crippen LogP contribution >= 0.6 is 11.6 Å². The molecule has 0 atom stereocenters. The van der Waals surface area contributed by atoms with Crippen LogP contribution in [-0.2, 0) is 0 Å². The van der Waals surface area contributed by atoms with Gasteiger partial charge < -0.3 is 20.3 Å². The molecule has 0 radical (unpaired) electrons. The van der Waals surface area contributed by atoms with Gasteiger partial charge in [0.05, 0.1) is 0 Å². The Morgan fingerprint density at radius 3 is 2.43 bits per heavy atom. The molecule has 2 aromatic rings. The van der Waals surface area contributed by atoms with Crippen LogP contribution in [0, 0.1) is 0 Å². The van der Waals surface area contributed by atoms with Crippen molar-refractivity contribution in [3.8, 4) is 5.88 Å². The molecule has 0 spiro atoms. The van der Waals surface area contributed by atoms with E-state index in [2.05, 4.69) is 31.9 Å².